The van der Waals surface area contributed by atoms with E-state index < -0.39 is 6.04 Å². The van der Waals surface area contributed by atoms with Gasteiger partial charge >= 0.3 is 0 Å². The molecular formula is C22H25FN2O2S2. The number of benzene rings is 2. The van der Waals surface area contributed by atoms with Crippen LogP contribution in [0.2, 0.25) is 0 Å². The van der Waals surface area contributed by atoms with E-state index in [9.17, 15) is 14.0 Å². The van der Waals surface area contributed by atoms with E-state index in [2.05, 4.69) is 41.8 Å². The molecule has 4 nitrogen and oxygen atoms in total. The van der Waals surface area contributed by atoms with E-state index in [0.29, 0.717) is 18.7 Å². The SMILES string of the molecule is Cc1ccc(CSCCNC(=O)C2CSC(Cc3ccc(F)cc3)C(=O)N2)cc1. The van der Waals surface area contributed by atoms with Crippen molar-refractivity contribution in [3.05, 3.63) is 71.0 Å². The molecule has 0 spiro atoms. The molecule has 0 saturated carbocycles. The van der Waals surface area contributed by atoms with Crippen molar-refractivity contribution in [2.45, 2.75) is 30.4 Å². The molecule has 3 rings (SSSR count). The van der Waals surface area contributed by atoms with Gasteiger partial charge in [-0.3, -0.25) is 9.59 Å². The minimum absolute atomic E-state index is 0.137. The van der Waals surface area contributed by atoms with Crippen LogP contribution in [0.4, 0.5) is 4.39 Å². The van der Waals surface area contributed by atoms with Crippen LogP contribution in [-0.2, 0) is 21.8 Å². The molecular weight excluding hydrogens is 407 g/mol. The van der Waals surface area contributed by atoms with Crippen LogP contribution in [0, 0.1) is 12.7 Å². The summed E-state index contributed by atoms with van der Waals surface area (Å²) in [5.74, 6) is 1.71. The number of hydrogen-bond donors (Lipinski definition) is 2. The van der Waals surface area contributed by atoms with Gasteiger partial charge in [0.05, 0.1) is 5.25 Å². The summed E-state index contributed by atoms with van der Waals surface area (Å²) in [5, 5.41) is 5.47. The van der Waals surface area contributed by atoms with Gasteiger partial charge in [0, 0.05) is 23.8 Å². The Morgan fingerprint density at radius 2 is 1.86 bits per heavy atom. The normalized spacial score (nSPS) is 18.9. The molecule has 7 heteroatoms. The third-order valence-corrected chi connectivity index (χ3v) is 7.00. The number of nitrogens with one attached hydrogen (secondary N) is 2. The number of thioether (sulfide) groups is 2. The lowest BCUT2D eigenvalue weighted by Gasteiger charge is -2.28. The number of halogens is 1. The van der Waals surface area contributed by atoms with Crippen molar-refractivity contribution in [3.8, 4) is 0 Å². The fourth-order valence-corrected chi connectivity index (χ4v) is 4.97. The molecule has 2 aromatic carbocycles. The number of carbonyl (C=O) groups is 2. The molecule has 0 aliphatic carbocycles. The molecule has 0 bridgehead atoms. The minimum atomic E-state index is -0.501. The molecule has 1 saturated heterocycles. The Kier molecular flexibility index (Phi) is 8.00. The zero-order valence-electron chi connectivity index (χ0n) is 16.3. The Balaban J connectivity index is 1.35. The maximum atomic E-state index is 13.0. The second kappa shape index (κ2) is 10.7. The molecule has 2 amide bonds. The van der Waals surface area contributed by atoms with E-state index in [1.165, 1.54) is 35.0 Å². The van der Waals surface area contributed by atoms with Crippen molar-refractivity contribution in [1.82, 2.24) is 10.6 Å². The van der Waals surface area contributed by atoms with Gasteiger partial charge in [-0.15, -0.1) is 11.8 Å². The van der Waals surface area contributed by atoms with Gasteiger partial charge in [0.2, 0.25) is 11.8 Å². The lowest BCUT2D eigenvalue weighted by molar-refractivity contribution is -0.128. The van der Waals surface area contributed by atoms with Gasteiger partial charge in [0.1, 0.15) is 11.9 Å². The van der Waals surface area contributed by atoms with E-state index in [-0.39, 0.29) is 22.9 Å². The van der Waals surface area contributed by atoms with Crippen molar-refractivity contribution in [3.63, 3.8) is 0 Å². The van der Waals surface area contributed by atoms with Gasteiger partial charge in [-0.25, -0.2) is 4.39 Å². The highest BCUT2D eigenvalue weighted by Crippen LogP contribution is 2.22. The second-order valence-electron chi connectivity index (χ2n) is 7.04. The molecule has 2 unspecified atom stereocenters. The molecule has 29 heavy (non-hydrogen) atoms. The fraction of sp³-hybridized carbons (Fsp3) is 0.364. The van der Waals surface area contributed by atoms with E-state index >= 15 is 0 Å². The van der Waals surface area contributed by atoms with Gasteiger partial charge in [0.25, 0.3) is 0 Å². The Morgan fingerprint density at radius 3 is 2.55 bits per heavy atom. The van der Waals surface area contributed by atoms with Crippen molar-refractivity contribution in [1.29, 1.82) is 0 Å². The summed E-state index contributed by atoms with van der Waals surface area (Å²) >= 11 is 3.25. The predicted molar refractivity (Wildman–Crippen MR) is 119 cm³/mol. The Bertz CT molecular complexity index is 828. The average Bonchev–Trinajstić information content (AvgIpc) is 2.72. The van der Waals surface area contributed by atoms with E-state index in [1.807, 2.05) is 0 Å². The highest BCUT2D eigenvalue weighted by Gasteiger charge is 2.32. The first-order valence-corrected chi connectivity index (χ1v) is 11.8. The smallest absolute Gasteiger partial charge is 0.243 e. The third-order valence-electron chi connectivity index (χ3n) is 4.66. The largest absolute Gasteiger partial charge is 0.353 e. The summed E-state index contributed by atoms with van der Waals surface area (Å²) in [5.41, 5.74) is 3.43. The van der Waals surface area contributed by atoms with Crippen LogP contribution in [0.15, 0.2) is 48.5 Å². The first-order chi connectivity index (χ1) is 14.0. The first kappa shape index (κ1) is 21.7. The number of aryl methyl sites for hydroxylation is 1. The Labute approximate surface area is 179 Å². The quantitative estimate of drug-likeness (QED) is 0.629. The summed E-state index contributed by atoms with van der Waals surface area (Å²) in [6, 6.07) is 14.1. The fourth-order valence-electron chi connectivity index (χ4n) is 2.97. The zero-order chi connectivity index (χ0) is 20.6. The average molecular weight is 433 g/mol. The van der Waals surface area contributed by atoms with Gasteiger partial charge in [-0.1, -0.05) is 42.0 Å². The van der Waals surface area contributed by atoms with Crippen LogP contribution < -0.4 is 10.6 Å². The summed E-state index contributed by atoms with van der Waals surface area (Å²) in [7, 11) is 0. The van der Waals surface area contributed by atoms with Crippen molar-refractivity contribution in [2.24, 2.45) is 0 Å². The van der Waals surface area contributed by atoms with Gasteiger partial charge in [-0.2, -0.15) is 11.8 Å². The highest BCUT2D eigenvalue weighted by molar-refractivity contribution is 8.00. The van der Waals surface area contributed by atoms with E-state index in [1.54, 1.807) is 23.9 Å². The van der Waals surface area contributed by atoms with Crippen LogP contribution in [0.5, 0.6) is 0 Å². The second-order valence-corrected chi connectivity index (χ2v) is 9.38. The third kappa shape index (κ3) is 6.78. The van der Waals surface area contributed by atoms with Crippen LogP contribution in [0.3, 0.4) is 0 Å². The van der Waals surface area contributed by atoms with Crippen molar-refractivity contribution in [2.75, 3.05) is 18.1 Å². The maximum Gasteiger partial charge on any atom is 0.243 e. The summed E-state index contributed by atoms with van der Waals surface area (Å²) in [6.07, 6.45) is 0.529. The molecule has 1 aliphatic heterocycles. The summed E-state index contributed by atoms with van der Waals surface area (Å²) < 4.78 is 13.0. The summed E-state index contributed by atoms with van der Waals surface area (Å²) in [4.78, 5) is 24.7. The molecule has 154 valence electrons. The van der Waals surface area contributed by atoms with Gasteiger partial charge < -0.3 is 10.6 Å². The minimum Gasteiger partial charge on any atom is -0.353 e. The Morgan fingerprint density at radius 1 is 1.17 bits per heavy atom. The monoisotopic (exact) mass is 432 g/mol. The van der Waals surface area contributed by atoms with Crippen LogP contribution in [0.25, 0.3) is 0 Å². The first-order valence-electron chi connectivity index (χ1n) is 9.58. The van der Waals surface area contributed by atoms with Crippen LogP contribution >= 0.6 is 23.5 Å². The molecule has 1 heterocycles. The predicted octanol–water partition coefficient (Wildman–Crippen LogP) is 3.33. The number of amides is 2. The van der Waals surface area contributed by atoms with Crippen LogP contribution in [0.1, 0.15) is 16.7 Å². The molecule has 1 fully saturated rings. The zero-order valence-corrected chi connectivity index (χ0v) is 18.0. The maximum absolute atomic E-state index is 13.0. The standard InChI is InChI=1S/C22H25FN2O2S2/c1-15-2-4-17(5-3-15)13-28-11-10-24-21(26)19-14-29-20(22(27)25-19)12-16-6-8-18(23)9-7-16/h2-9,19-20H,10-14H2,1H3,(H,24,26)(H,25,27). The van der Waals surface area contributed by atoms with Gasteiger partial charge in [-0.05, 0) is 36.6 Å². The molecule has 0 aromatic heterocycles. The van der Waals surface area contributed by atoms with Crippen LogP contribution in [-0.4, -0.2) is 41.2 Å². The molecule has 2 atom stereocenters. The van der Waals surface area contributed by atoms with Gasteiger partial charge in [0.15, 0.2) is 0 Å². The lowest BCUT2D eigenvalue weighted by atomic mass is 10.1. The molecule has 2 N–H and O–H groups in total. The summed E-state index contributed by atoms with van der Waals surface area (Å²) in [6.45, 7) is 2.64. The number of rotatable bonds is 8. The lowest BCUT2D eigenvalue weighted by Crippen LogP contribution is -2.54. The molecule has 2 aromatic rings. The molecule has 1 aliphatic rings. The topological polar surface area (TPSA) is 58.2 Å². The van der Waals surface area contributed by atoms with Crippen molar-refractivity contribution < 1.29 is 14.0 Å². The van der Waals surface area contributed by atoms with Crippen molar-refractivity contribution >= 4 is 35.3 Å². The van der Waals surface area contributed by atoms with E-state index in [0.717, 1.165) is 17.1 Å². The number of hydrogen-bond acceptors (Lipinski definition) is 4. The molecule has 0 radical (unpaired) electrons. The number of carbonyl (C=O) groups excluding carboxylic acids is 2. The van der Waals surface area contributed by atoms with E-state index in [4.69, 9.17) is 0 Å². The highest BCUT2D eigenvalue weighted by atomic mass is 32.2. The Hall–Kier alpha value is -1.99.